The van der Waals surface area contributed by atoms with Crippen LogP contribution in [0.5, 0.6) is 0 Å². The van der Waals surface area contributed by atoms with E-state index in [2.05, 4.69) is 4.98 Å². The molecule has 0 amide bonds. The molecule has 78 valence electrons. The van der Waals surface area contributed by atoms with Gasteiger partial charge in [0.1, 0.15) is 0 Å². The molecule has 1 rings (SSSR count). The van der Waals surface area contributed by atoms with Crippen LogP contribution in [0.15, 0.2) is 23.4 Å². The number of halogens is 3. The fourth-order valence-electron chi connectivity index (χ4n) is 0.727. The first-order valence-corrected chi connectivity index (χ1v) is 4.66. The summed E-state index contributed by atoms with van der Waals surface area (Å²) in [5.41, 5.74) is -1.18. The molecule has 14 heavy (non-hydrogen) atoms. The van der Waals surface area contributed by atoms with Crippen LogP contribution in [0.2, 0.25) is 0 Å². The van der Waals surface area contributed by atoms with E-state index < -0.39 is 26.9 Å². The van der Waals surface area contributed by atoms with Crippen molar-refractivity contribution in [2.75, 3.05) is 0 Å². The van der Waals surface area contributed by atoms with Gasteiger partial charge in [-0.2, -0.15) is 21.6 Å². The highest BCUT2D eigenvalue weighted by Crippen LogP contribution is 2.29. The Morgan fingerprint density at radius 1 is 1.36 bits per heavy atom. The Hall–Kier alpha value is -1.15. The zero-order valence-electron chi connectivity index (χ0n) is 6.49. The topological polar surface area (TPSA) is 67.3 Å². The van der Waals surface area contributed by atoms with Gasteiger partial charge >= 0.3 is 16.3 Å². The molecule has 4 nitrogen and oxygen atoms in total. The maximum Gasteiger partial charge on any atom is 0.416 e. The average Bonchev–Trinajstić information content (AvgIpc) is 2.01. The molecule has 1 aromatic heterocycles. The predicted octanol–water partition coefficient (Wildman–Crippen LogP) is 1.35. The Bertz CT molecular complexity index is 440. The van der Waals surface area contributed by atoms with Gasteiger partial charge in [0.05, 0.1) is 5.56 Å². The number of aromatic nitrogens is 1. The van der Waals surface area contributed by atoms with Crippen molar-refractivity contribution in [3.63, 3.8) is 0 Å². The van der Waals surface area contributed by atoms with Gasteiger partial charge in [-0.05, 0) is 12.1 Å². The van der Waals surface area contributed by atoms with Crippen LogP contribution in [-0.2, 0) is 16.3 Å². The van der Waals surface area contributed by atoms with E-state index >= 15 is 0 Å². The van der Waals surface area contributed by atoms with Crippen LogP contribution < -0.4 is 0 Å². The Labute approximate surface area is 77.1 Å². The molecule has 1 N–H and O–H groups in total. The number of nitrogens with zero attached hydrogens (tertiary/aromatic N) is 1. The molecular weight excluding hydrogens is 223 g/mol. The second-order valence-corrected chi connectivity index (χ2v) is 3.72. The largest absolute Gasteiger partial charge is 0.416 e. The molecule has 0 aliphatic rings. The minimum atomic E-state index is -4.70. The summed E-state index contributed by atoms with van der Waals surface area (Å²) in [6.07, 6.45) is -4.01. The summed E-state index contributed by atoms with van der Waals surface area (Å²) in [4.78, 5) is 3.09. The lowest BCUT2D eigenvalue weighted by atomic mass is 10.3. The monoisotopic (exact) mass is 227 g/mol. The van der Waals surface area contributed by atoms with Gasteiger partial charge in [0, 0.05) is 6.20 Å². The standard InChI is InChI=1S/C6H4F3NO3S/c7-6(8,9)4-1-2-10-5(3-4)14(11,12)13/h1-3H,(H,11,12,13). The van der Waals surface area contributed by atoms with Crippen molar-refractivity contribution >= 4 is 10.1 Å². The molecule has 0 aliphatic heterocycles. The summed E-state index contributed by atoms with van der Waals surface area (Å²) in [5, 5.41) is -1.02. The highest BCUT2D eigenvalue weighted by Gasteiger charge is 2.31. The van der Waals surface area contributed by atoms with Crippen molar-refractivity contribution in [1.29, 1.82) is 0 Å². The normalized spacial score (nSPS) is 12.9. The molecule has 1 heterocycles. The van der Waals surface area contributed by atoms with E-state index in [0.29, 0.717) is 12.3 Å². The third-order valence-corrected chi connectivity index (χ3v) is 2.08. The fourth-order valence-corrected chi connectivity index (χ4v) is 1.20. The molecule has 0 radical (unpaired) electrons. The Morgan fingerprint density at radius 2 is 1.93 bits per heavy atom. The average molecular weight is 227 g/mol. The summed E-state index contributed by atoms with van der Waals surface area (Å²) < 4.78 is 65.5. The molecular formula is C6H4F3NO3S. The summed E-state index contributed by atoms with van der Waals surface area (Å²) in [6.45, 7) is 0. The third-order valence-electron chi connectivity index (χ3n) is 1.33. The summed E-state index contributed by atoms with van der Waals surface area (Å²) in [6, 6.07) is 0.865. The Balaban J connectivity index is 3.29. The van der Waals surface area contributed by atoms with E-state index in [0.717, 1.165) is 0 Å². The van der Waals surface area contributed by atoms with Gasteiger partial charge in [-0.15, -0.1) is 0 Å². The maximum absolute atomic E-state index is 12.1. The van der Waals surface area contributed by atoms with E-state index in [1.165, 1.54) is 0 Å². The highest BCUT2D eigenvalue weighted by molar-refractivity contribution is 7.85. The number of hydrogen-bond donors (Lipinski definition) is 1. The first-order valence-electron chi connectivity index (χ1n) is 3.22. The molecule has 0 saturated heterocycles. The summed E-state index contributed by atoms with van der Waals surface area (Å²) in [7, 11) is -4.70. The third kappa shape index (κ3) is 2.42. The van der Waals surface area contributed by atoms with Crippen molar-refractivity contribution in [1.82, 2.24) is 4.98 Å². The van der Waals surface area contributed by atoms with Gasteiger partial charge in [0.2, 0.25) is 0 Å². The summed E-state index contributed by atoms with van der Waals surface area (Å²) in [5.74, 6) is 0. The SMILES string of the molecule is O=S(=O)(O)c1cc(C(F)(F)F)ccn1. The molecule has 0 aliphatic carbocycles. The molecule has 0 bridgehead atoms. The van der Waals surface area contributed by atoms with Crippen LogP contribution in [0.4, 0.5) is 13.2 Å². The lowest BCUT2D eigenvalue weighted by Crippen LogP contribution is -2.08. The minimum absolute atomic E-state index is 0.259. The lowest BCUT2D eigenvalue weighted by Gasteiger charge is -2.06. The quantitative estimate of drug-likeness (QED) is 0.735. The van der Waals surface area contributed by atoms with Crippen LogP contribution in [0.1, 0.15) is 5.56 Å². The zero-order valence-corrected chi connectivity index (χ0v) is 7.30. The van der Waals surface area contributed by atoms with E-state index in [-0.39, 0.29) is 6.07 Å². The maximum atomic E-state index is 12.1. The number of rotatable bonds is 1. The van der Waals surface area contributed by atoms with Crippen molar-refractivity contribution in [2.24, 2.45) is 0 Å². The van der Waals surface area contributed by atoms with Crippen LogP contribution in [-0.4, -0.2) is 18.0 Å². The molecule has 0 saturated carbocycles. The molecule has 0 unspecified atom stereocenters. The second-order valence-electron chi connectivity index (χ2n) is 2.36. The smallest absolute Gasteiger partial charge is 0.281 e. The predicted molar refractivity (Wildman–Crippen MR) is 39.1 cm³/mol. The first-order chi connectivity index (χ1) is 6.21. The van der Waals surface area contributed by atoms with E-state index in [1.54, 1.807) is 0 Å². The van der Waals surface area contributed by atoms with Crippen LogP contribution in [0.25, 0.3) is 0 Å². The van der Waals surface area contributed by atoms with Gasteiger partial charge in [-0.3, -0.25) is 4.55 Å². The van der Waals surface area contributed by atoms with Gasteiger partial charge in [0.25, 0.3) is 0 Å². The van der Waals surface area contributed by atoms with E-state index in [9.17, 15) is 21.6 Å². The molecule has 8 heteroatoms. The van der Waals surface area contributed by atoms with Crippen molar-refractivity contribution in [2.45, 2.75) is 11.2 Å². The van der Waals surface area contributed by atoms with Crippen LogP contribution >= 0.6 is 0 Å². The Morgan fingerprint density at radius 3 is 2.36 bits per heavy atom. The van der Waals surface area contributed by atoms with Crippen molar-refractivity contribution in [3.8, 4) is 0 Å². The van der Waals surface area contributed by atoms with Crippen LogP contribution in [0.3, 0.4) is 0 Å². The van der Waals surface area contributed by atoms with Crippen molar-refractivity contribution in [3.05, 3.63) is 23.9 Å². The van der Waals surface area contributed by atoms with Crippen LogP contribution in [0, 0.1) is 0 Å². The van der Waals surface area contributed by atoms with E-state index in [4.69, 9.17) is 4.55 Å². The van der Waals surface area contributed by atoms with Crippen molar-refractivity contribution < 1.29 is 26.1 Å². The van der Waals surface area contributed by atoms with E-state index in [1.807, 2.05) is 0 Å². The minimum Gasteiger partial charge on any atom is -0.281 e. The molecule has 0 spiro atoms. The van der Waals surface area contributed by atoms with Gasteiger partial charge in [-0.25, -0.2) is 4.98 Å². The Kier molecular flexibility index (Phi) is 2.50. The van der Waals surface area contributed by atoms with Gasteiger partial charge < -0.3 is 0 Å². The second kappa shape index (κ2) is 3.21. The fraction of sp³-hybridized carbons (Fsp3) is 0.167. The number of alkyl halides is 3. The molecule has 0 atom stereocenters. The number of pyridine rings is 1. The summed E-state index contributed by atoms with van der Waals surface area (Å²) >= 11 is 0. The molecule has 1 aromatic rings. The van der Waals surface area contributed by atoms with Gasteiger partial charge in [0.15, 0.2) is 5.03 Å². The first kappa shape index (κ1) is 10.9. The highest BCUT2D eigenvalue weighted by atomic mass is 32.2. The lowest BCUT2D eigenvalue weighted by molar-refractivity contribution is -0.137. The zero-order chi connectivity index (χ0) is 11.0. The molecule has 0 aromatic carbocycles. The molecule has 0 fully saturated rings. The van der Waals surface area contributed by atoms with Gasteiger partial charge in [-0.1, -0.05) is 0 Å². The number of hydrogen-bond acceptors (Lipinski definition) is 3.